The molecule has 0 saturated heterocycles. The third-order valence-corrected chi connectivity index (χ3v) is 2.95. The lowest BCUT2D eigenvalue weighted by atomic mass is 10.0. The molecule has 1 rings (SSSR count). The molecule has 120 valence electrons. The van der Waals surface area contributed by atoms with Crippen molar-refractivity contribution in [1.29, 1.82) is 0 Å². The third kappa shape index (κ3) is 6.36. The summed E-state index contributed by atoms with van der Waals surface area (Å²) in [6.45, 7) is 2.80. The first kappa shape index (κ1) is 17.6. The Morgan fingerprint density at radius 2 is 1.50 bits per heavy atom. The molecule has 22 heavy (non-hydrogen) atoms. The SMILES string of the molecule is CC(C)c1ccc(NC(=O)CN(CC(=O)O)CC(=O)O)cc1. The second-order valence-corrected chi connectivity index (χ2v) is 5.26. The molecular weight excluding hydrogens is 288 g/mol. The van der Waals surface area contributed by atoms with E-state index in [0.29, 0.717) is 11.6 Å². The molecule has 0 radical (unpaired) electrons. The Balaban J connectivity index is 2.62. The van der Waals surface area contributed by atoms with Gasteiger partial charge in [-0.05, 0) is 23.6 Å². The summed E-state index contributed by atoms with van der Waals surface area (Å²) >= 11 is 0. The smallest absolute Gasteiger partial charge is 0.317 e. The highest BCUT2D eigenvalue weighted by Gasteiger charge is 2.17. The predicted octanol–water partition coefficient (Wildman–Crippen LogP) is 1.22. The van der Waals surface area contributed by atoms with Gasteiger partial charge in [0.2, 0.25) is 5.91 Å². The van der Waals surface area contributed by atoms with Gasteiger partial charge in [0.25, 0.3) is 0 Å². The van der Waals surface area contributed by atoms with E-state index in [1.54, 1.807) is 12.1 Å². The van der Waals surface area contributed by atoms with Crippen molar-refractivity contribution in [3.8, 4) is 0 Å². The highest BCUT2D eigenvalue weighted by Crippen LogP contribution is 2.17. The van der Waals surface area contributed by atoms with Gasteiger partial charge in [-0.15, -0.1) is 0 Å². The molecule has 0 saturated carbocycles. The van der Waals surface area contributed by atoms with Crippen LogP contribution in [0, 0.1) is 0 Å². The first-order valence-corrected chi connectivity index (χ1v) is 6.83. The van der Waals surface area contributed by atoms with Crippen LogP contribution in [0.25, 0.3) is 0 Å². The number of nitrogens with one attached hydrogen (secondary N) is 1. The van der Waals surface area contributed by atoms with Gasteiger partial charge in [0.05, 0.1) is 19.6 Å². The molecular formula is C15H20N2O5. The highest BCUT2D eigenvalue weighted by molar-refractivity contribution is 5.92. The molecule has 3 N–H and O–H groups in total. The maximum Gasteiger partial charge on any atom is 0.317 e. The molecule has 0 bridgehead atoms. The lowest BCUT2D eigenvalue weighted by Gasteiger charge is -2.17. The topological polar surface area (TPSA) is 107 Å². The van der Waals surface area contributed by atoms with Crippen molar-refractivity contribution in [3.05, 3.63) is 29.8 Å². The predicted molar refractivity (Wildman–Crippen MR) is 80.9 cm³/mol. The Hall–Kier alpha value is -2.41. The minimum absolute atomic E-state index is 0.301. The molecule has 7 heteroatoms. The first-order chi connectivity index (χ1) is 10.3. The normalized spacial score (nSPS) is 10.7. The third-order valence-electron chi connectivity index (χ3n) is 2.95. The molecule has 1 aromatic rings. The summed E-state index contributed by atoms with van der Waals surface area (Å²) in [5.74, 6) is -2.45. The number of hydrogen-bond acceptors (Lipinski definition) is 4. The highest BCUT2D eigenvalue weighted by atomic mass is 16.4. The number of carbonyl (C=O) groups excluding carboxylic acids is 1. The van der Waals surface area contributed by atoms with Crippen LogP contribution in [0.5, 0.6) is 0 Å². The van der Waals surface area contributed by atoms with Crippen LogP contribution in [0.1, 0.15) is 25.3 Å². The summed E-state index contributed by atoms with van der Waals surface area (Å²) in [6.07, 6.45) is 0. The molecule has 0 unspecified atom stereocenters. The van der Waals surface area contributed by atoms with Gasteiger partial charge in [-0.2, -0.15) is 0 Å². The van der Waals surface area contributed by atoms with Crippen LogP contribution in [0.4, 0.5) is 5.69 Å². The first-order valence-electron chi connectivity index (χ1n) is 6.83. The van der Waals surface area contributed by atoms with Gasteiger partial charge in [-0.25, -0.2) is 0 Å². The number of amides is 1. The van der Waals surface area contributed by atoms with Gasteiger partial charge in [-0.1, -0.05) is 26.0 Å². The van der Waals surface area contributed by atoms with Crippen molar-refractivity contribution in [3.63, 3.8) is 0 Å². The average Bonchev–Trinajstić information content (AvgIpc) is 2.37. The van der Waals surface area contributed by atoms with E-state index in [1.807, 2.05) is 12.1 Å². The Kier molecular flexibility index (Phi) is 6.52. The average molecular weight is 308 g/mol. The van der Waals surface area contributed by atoms with Crippen LogP contribution in [0.2, 0.25) is 0 Å². The van der Waals surface area contributed by atoms with E-state index in [1.165, 1.54) is 0 Å². The van der Waals surface area contributed by atoms with E-state index in [9.17, 15) is 14.4 Å². The Morgan fingerprint density at radius 3 is 1.91 bits per heavy atom. The second kappa shape index (κ2) is 8.14. The van der Waals surface area contributed by atoms with Crippen molar-refractivity contribution in [2.45, 2.75) is 19.8 Å². The molecule has 7 nitrogen and oxygen atoms in total. The zero-order valence-corrected chi connectivity index (χ0v) is 12.6. The van der Waals surface area contributed by atoms with E-state index in [4.69, 9.17) is 10.2 Å². The van der Waals surface area contributed by atoms with Crippen molar-refractivity contribution < 1.29 is 24.6 Å². The summed E-state index contributed by atoms with van der Waals surface area (Å²) < 4.78 is 0. The van der Waals surface area contributed by atoms with Crippen LogP contribution < -0.4 is 5.32 Å². The second-order valence-electron chi connectivity index (χ2n) is 5.26. The Bertz CT molecular complexity index is 523. The van der Waals surface area contributed by atoms with E-state index >= 15 is 0 Å². The number of nitrogens with zero attached hydrogens (tertiary/aromatic N) is 1. The monoisotopic (exact) mass is 308 g/mol. The number of carboxylic acids is 2. The molecule has 0 aromatic heterocycles. The molecule has 0 aliphatic rings. The van der Waals surface area contributed by atoms with Crippen molar-refractivity contribution in [2.75, 3.05) is 25.0 Å². The maximum absolute atomic E-state index is 11.9. The fourth-order valence-corrected chi connectivity index (χ4v) is 1.91. The van der Waals surface area contributed by atoms with Gasteiger partial charge in [0.15, 0.2) is 0 Å². The molecule has 0 spiro atoms. The van der Waals surface area contributed by atoms with Crippen LogP contribution in [-0.4, -0.2) is 52.6 Å². The summed E-state index contributed by atoms with van der Waals surface area (Å²) in [6, 6.07) is 7.30. The van der Waals surface area contributed by atoms with E-state index < -0.39 is 30.9 Å². The van der Waals surface area contributed by atoms with Gasteiger partial charge in [0.1, 0.15) is 0 Å². The summed E-state index contributed by atoms with van der Waals surface area (Å²) in [4.78, 5) is 34.2. The fraction of sp³-hybridized carbons (Fsp3) is 0.400. The lowest BCUT2D eigenvalue weighted by Crippen LogP contribution is -2.40. The summed E-state index contributed by atoms with van der Waals surface area (Å²) in [7, 11) is 0. The minimum atomic E-state index is -1.18. The number of carbonyl (C=O) groups is 3. The minimum Gasteiger partial charge on any atom is -0.480 e. The van der Waals surface area contributed by atoms with Gasteiger partial charge >= 0.3 is 11.9 Å². The molecule has 0 aliphatic heterocycles. The number of rotatable bonds is 8. The number of anilines is 1. The van der Waals surface area contributed by atoms with Crippen LogP contribution in [0.3, 0.4) is 0 Å². The fourth-order valence-electron chi connectivity index (χ4n) is 1.91. The van der Waals surface area contributed by atoms with Crippen molar-refractivity contribution >= 4 is 23.5 Å². The molecule has 0 fully saturated rings. The summed E-state index contributed by atoms with van der Waals surface area (Å²) in [5.41, 5.74) is 1.72. The molecule has 0 aliphatic carbocycles. The lowest BCUT2D eigenvalue weighted by molar-refractivity contribution is -0.142. The number of aliphatic carboxylic acids is 2. The number of benzene rings is 1. The van der Waals surface area contributed by atoms with Gasteiger partial charge in [-0.3, -0.25) is 19.3 Å². The standard InChI is InChI=1S/C15H20N2O5/c1-10(2)11-3-5-12(6-4-11)16-13(18)7-17(8-14(19)20)9-15(21)22/h3-6,10H,7-9H2,1-2H3,(H,16,18)(H,19,20)(H,21,22). The Morgan fingerprint density at radius 1 is 1.00 bits per heavy atom. The van der Waals surface area contributed by atoms with Gasteiger partial charge < -0.3 is 15.5 Å². The van der Waals surface area contributed by atoms with E-state index in [0.717, 1.165) is 10.5 Å². The van der Waals surface area contributed by atoms with Crippen molar-refractivity contribution in [1.82, 2.24) is 4.90 Å². The quantitative estimate of drug-likeness (QED) is 0.666. The largest absolute Gasteiger partial charge is 0.480 e. The van der Waals surface area contributed by atoms with E-state index in [-0.39, 0.29) is 6.54 Å². The van der Waals surface area contributed by atoms with Crippen molar-refractivity contribution in [2.24, 2.45) is 0 Å². The zero-order valence-electron chi connectivity index (χ0n) is 12.6. The number of carboxylic acid groups (broad SMARTS) is 2. The molecule has 1 aromatic carbocycles. The van der Waals surface area contributed by atoms with Crippen LogP contribution >= 0.6 is 0 Å². The molecule has 0 heterocycles. The zero-order chi connectivity index (χ0) is 16.7. The van der Waals surface area contributed by atoms with Crippen LogP contribution in [-0.2, 0) is 14.4 Å². The molecule has 0 atom stereocenters. The summed E-state index contributed by atoms with van der Waals surface area (Å²) in [5, 5.41) is 20.0. The molecule has 1 amide bonds. The maximum atomic E-state index is 11.9. The Labute approximate surface area is 128 Å². The van der Waals surface area contributed by atoms with Gasteiger partial charge in [0, 0.05) is 5.69 Å². The van der Waals surface area contributed by atoms with Crippen LogP contribution in [0.15, 0.2) is 24.3 Å². The number of hydrogen-bond donors (Lipinski definition) is 3. The van der Waals surface area contributed by atoms with E-state index in [2.05, 4.69) is 19.2 Å².